The van der Waals surface area contributed by atoms with Gasteiger partial charge in [0, 0.05) is 16.6 Å². The molecule has 0 saturated carbocycles. The molecule has 0 unspecified atom stereocenters. The van der Waals surface area contributed by atoms with Crippen molar-refractivity contribution in [2.75, 3.05) is 5.32 Å². The van der Waals surface area contributed by atoms with E-state index in [1.165, 1.54) is 24.5 Å². The van der Waals surface area contributed by atoms with Gasteiger partial charge in [-0.05, 0) is 66.2 Å². The zero-order chi connectivity index (χ0) is 25.1. The fraction of sp³-hybridized carbons (Fsp3) is 0.0385. The third-order valence-electron chi connectivity index (χ3n) is 5.33. The number of nitrogens with one attached hydrogen (secondary N) is 2. The zero-order valence-corrected chi connectivity index (χ0v) is 21.0. The molecule has 5 N–H and O–H groups in total. The SMILES string of the molecule is Cl.O.O=C(NO)c1ccc(-c2ccc3ncnc(Nc4ccc(OCc5cccc(F)c5)c(Cl)c4)c3c2)o1. The first-order chi connectivity index (χ1) is 17.5. The Kier molecular flexibility index (Phi) is 9.21. The van der Waals surface area contributed by atoms with Gasteiger partial charge in [0.25, 0.3) is 0 Å². The van der Waals surface area contributed by atoms with Crippen LogP contribution in [0.4, 0.5) is 15.9 Å². The summed E-state index contributed by atoms with van der Waals surface area (Å²) >= 11 is 6.42. The van der Waals surface area contributed by atoms with Crippen LogP contribution in [0, 0.1) is 5.82 Å². The van der Waals surface area contributed by atoms with Gasteiger partial charge in [-0.1, -0.05) is 23.7 Å². The molecule has 0 saturated heterocycles. The van der Waals surface area contributed by atoms with E-state index >= 15 is 0 Å². The number of furan rings is 1. The summed E-state index contributed by atoms with van der Waals surface area (Å²) in [5.74, 6) is 0.337. The van der Waals surface area contributed by atoms with Crippen molar-refractivity contribution in [3.8, 4) is 17.1 Å². The molecule has 2 aromatic heterocycles. The summed E-state index contributed by atoms with van der Waals surface area (Å²) in [6.45, 7) is 0.179. The van der Waals surface area contributed by atoms with Crippen molar-refractivity contribution in [1.82, 2.24) is 15.4 Å². The van der Waals surface area contributed by atoms with Gasteiger partial charge < -0.3 is 19.9 Å². The Morgan fingerprint density at radius 3 is 2.66 bits per heavy atom. The van der Waals surface area contributed by atoms with Crippen LogP contribution in [-0.2, 0) is 6.61 Å². The average molecular weight is 559 g/mol. The van der Waals surface area contributed by atoms with Crippen LogP contribution in [0.1, 0.15) is 16.1 Å². The second-order valence-corrected chi connectivity index (χ2v) is 8.16. The molecule has 0 atom stereocenters. The lowest BCUT2D eigenvalue weighted by atomic mass is 10.1. The molecule has 5 aromatic rings. The molecule has 38 heavy (non-hydrogen) atoms. The van der Waals surface area contributed by atoms with Crippen LogP contribution < -0.4 is 15.5 Å². The van der Waals surface area contributed by atoms with Gasteiger partial charge >= 0.3 is 5.91 Å². The van der Waals surface area contributed by atoms with Gasteiger partial charge in [0.2, 0.25) is 0 Å². The smallest absolute Gasteiger partial charge is 0.310 e. The number of amides is 1. The standard InChI is InChI=1S/C26H18ClFN4O4.ClH.H2O/c27-20-12-18(5-7-23(20)35-13-15-2-1-3-17(28)10-15)31-25-19-11-16(4-6-21(19)29-14-30-25)22-8-9-24(36-22)26(33)32-34;;/h1-12,14,34H,13H2,(H,32,33)(H,29,30,31);1H;1H2. The Balaban J connectivity index is 0.00000200. The van der Waals surface area contributed by atoms with Crippen LogP contribution in [0.2, 0.25) is 5.02 Å². The molecule has 2 heterocycles. The van der Waals surface area contributed by atoms with Gasteiger partial charge in [-0.15, -0.1) is 12.4 Å². The van der Waals surface area contributed by atoms with E-state index in [4.69, 9.17) is 26.0 Å². The molecule has 3 aromatic carbocycles. The normalized spacial score (nSPS) is 10.3. The fourth-order valence-electron chi connectivity index (χ4n) is 3.60. The molecule has 9 nitrogen and oxygen atoms in total. The lowest BCUT2D eigenvalue weighted by molar-refractivity contribution is 0.0677. The lowest BCUT2D eigenvalue weighted by Crippen LogP contribution is -2.17. The highest BCUT2D eigenvalue weighted by molar-refractivity contribution is 6.32. The summed E-state index contributed by atoms with van der Waals surface area (Å²) in [7, 11) is 0. The molecule has 12 heteroatoms. The Morgan fingerprint density at radius 2 is 1.89 bits per heavy atom. The molecule has 5 rings (SSSR count). The first-order valence-electron chi connectivity index (χ1n) is 10.7. The van der Waals surface area contributed by atoms with Crippen molar-refractivity contribution in [2.45, 2.75) is 6.61 Å². The molecule has 0 aliphatic rings. The molecule has 0 spiro atoms. The van der Waals surface area contributed by atoms with Crippen LogP contribution >= 0.6 is 24.0 Å². The highest BCUT2D eigenvalue weighted by Gasteiger charge is 2.13. The number of aromatic nitrogens is 2. The predicted molar refractivity (Wildman–Crippen MR) is 143 cm³/mol. The second kappa shape index (κ2) is 12.3. The van der Waals surface area contributed by atoms with Crippen molar-refractivity contribution >= 4 is 52.3 Å². The van der Waals surface area contributed by atoms with Gasteiger partial charge in [0.05, 0.1) is 10.5 Å². The summed E-state index contributed by atoms with van der Waals surface area (Å²) < 4.78 is 24.7. The number of hydroxylamine groups is 1. The predicted octanol–water partition coefficient (Wildman–Crippen LogP) is 5.72. The first-order valence-corrected chi connectivity index (χ1v) is 11.1. The van der Waals surface area contributed by atoms with E-state index in [9.17, 15) is 9.18 Å². The number of rotatable bonds is 7. The van der Waals surface area contributed by atoms with Crippen molar-refractivity contribution in [2.24, 2.45) is 0 Å². The minimum absolute atomic E-state index is 0. The number of benzene rings is 3. The van der Waals surface area contributed by atoms with E-state index < -0.39 is 5.91 Å². The number of halogens is 3. The largest absolute Gasteiger partial charge is 0.487 e. The quantitative estimate of drug-likeness (QED) is 0.171. The monoisotopic (exact) mass is 558 g/mol. The van der Waals surface area contributed by atoms with Crippen molar-refractivity contribution < 1.29 is 29.0 Å². The maximum Gasteiger partial charge on any atom is 0.310 e. The third kappa shape index (κ3) is 6.18. The summed E-state index contributed by atoms with van der Waals surface area (Å²) in [6.07, 6.45) is 1.44. The Labute approximate surface area is 226 Å². The number of carbonyl (C=O) groups is 1. The van der Waals surface area contributed by atoms with Gasteiger partial charge in [0.15, 0.2) is 5.76 Å². The summed E-state index contributed by atoms with van der Waals surface area (Å²) in [5.41, 5.74) is 4.29. The molecular weight excluding hydrogens is 538 g/mol. The molecule has 0 fully saturated rings. The van der Waals surface area contributed by atoms with Gasteiger partial charge in [-0.2, -0.15) is 0 Å². The van der Waals surface area contributed by atoms with Crippen molar-refractivity contribution in [3.05, 3.63) is 101 Å². The summed E-state index contributed by atoms with van der Waals surface area (Å²) in [5, 5.41) is 13.1. The molecule has 0 bridgehead atoms. The van der Waals surface area contributed by atoms with Gasteiger partial charge in [-0.25, -0.2) is 19.8 Å². The lowest BCUT2D eigenvalue weighted by Gasteiger charge is -2.12. The topological polar surface area (TPSA) is 141 Å². The van der Waals surface area contributed by atoms with Crippen LogP contribution in [0.3, 0.4) is 0 Å². The van der Waals surface area contributed by atoms with Crippen LogP contribution in [0.15, 0.2) is 83.5 Å². The van der Waals surface area contributed by atoms with Gasteiger partial charge in [0.1, 0.15) is 36.1 Å². The molecule has 0 radical (unpaired) electrons. The fourth-order valence-corrected chi connectivity index (χ4v) is 3.83. The minimum atomic E-state index is -0.743. The number of hydrogen-bond acceptors (Lipinski definition) is 7. The number of nitrogens with zero attached hydrogens (tertiary/aromatic N) is 2. The Morgan fingerprint density at radius 1 is 1.05 bits per heavy atom. The number of ether oxygens (including phenoxy) is 1. The summed E-state index contributed by atoms with van der Waals surface area (Å²) in [4.78, 5) is 20.3. The number of hydrogen-bond donors (Lipinski definition) is 3. The van der Waals surface area contributed by atoms with Crippen LogP contribution in [-0.4, -0.2) is 26.6 Å². The zero-order valence-electron chi connectivity index (χ0n) is 19.4. The van der Waals surface area contributed by atoms with Crippen molar-refractivity contribution in [3.63, 3.8) is 0 Å². The number of carbonyl (C=O) groups excluding carboxylic acids is 1. The highest BCUT2D eigenvalue weighted by Crippen LogP contribution is 2.32. The van der Waals surface area contributed by atoms with Crippen molar-refractivity contribution in [1.29, 1.82) is 0 Å². The van der Waals surface area contributed by atoms with E-state index in [0.29, 0.717) is 50.1 Å². The molecule has 0 aliphatic carbocycles. The maximum atomic E-state index is 13.4. The van der Waals surface area contributed by atoms with Crippen LogP contribution in [0.25, 0.3) is 22.2 Å². The maximum absolute atomic E-state index is 13.4. The molecular formula is C26H21Cl2FN4O5. The van der Waals surface area contributed by atoms with E-state index in [-0.39, 0.29) is 36.1 Å². The summed E-state index contributed by atoms with van der Waals surface area (Å²) in [6, 6.07) is 19.9. The van der Waals surface area contributed by atoms with E-state index in [2.05, 4.69) is 15.3 Å². The van der Waals surface area contributed by atoms with Crippen LogP contribution in [0.5, 0.6) is 5.75 Å². The van der Waals surface area contributed by atoms with Gasteiger partial charge in [-0.3, -0.25) is 10.0 Å². The minimum Gasteiger partial charge on any atom is -0.487 e. The Bertz CT molecular complexity index is 1580. The van der Waals surface area contributed by atoms with E-state index in [0.717, 1.165) is 0 Å². The van der Waals surface area contributed by atoms with E-state index in [1.807, 2.05) is 12.1 Å². The second-order valence-electron chi connectivity index (χ2n) is 7.75. The molecule has 1 amide bonds. The third-order valence-corrected chi connectivity index (χ3v) is 5.62. The average Bonchev–Trinajstić information content (AvgIpc) is 3.38. The number of fused-ring (bicyclic) bond motifs is 1. The first kappa shape index (κ1) is 28.4. The molecule has 196 valence electrons. The number of anilines is 2. The molecule has 0 aliphatic heterocycles. The highest BCUT2D eigenvalue weighted by atomic mass is 35.5. The Hall–Kier alpha value is -4.22. The van der Waals surface area contributed by atoms with E-state index in [1.54, 1.807) is 47.9 Å².